The van der Waals surface area contributed by atoms with Gasteiger partial charge in [0.25, 0.3) is 0 Å². The molecule has 12 heteroatoms. The first-order chi connectivity index (χ1) is 24.6. The fourth-order valence-electron chi connectivity index (χ4n) is 5.28. The molecule has 3 amide bonds. The first kappa shape index (κ1) is 39.6. The number of aliphatic imine (C=N–C) groups is 2. The fourth-order valence-corrected chi connectivity index (χ4v) is 5.28. The molecule has 0 atom stereocenters. The maximum absolute atomic E-state index is 12.5. The molecule has 2 aliphatic rings. The fraction of sp³-hybridized carbons (Fsp3) is 0.425. The van der Waals surface area contributed by atoms with Crippen LogP contribution in [0.1, 0.15) is 69.4 Å². The molecule has 5 rings (SSSR count). The molecule has 0 radical (unpaired) electrons. The number of nitrogens with one attached hydrogen (secondary N) is 1. The Labute approximate surface area is 307 Å². The molecule has 0 spiro atoms. The molecule has 0 fully saturated rings. The number of rotatable bonds is 8. The Bertz CT molecular complexity index is 1710. The van der Waals surface area contributed by atoms with Gasteiger partial charge in [-0.2, -0.15) is 0 Å². The Kier molecular flexibility index (Phi) is 13.5. The zero-order valence-electron chi connectivity index (χ0n) is 31.6. The third-order valence-corrected chi connectivity index (χ3v) is 7.65. The smallest absolute Gasteiger partial charge is 0.416 e. The lowest BCUT2D eigenvalue weighted by atomic mass is 10.1. The summed E-state index contributed by atoms with van der Waals surface area (Å²) in [5.74, 6) is 1.30. The predicted octanol–water partition coefficient (Wildman–Crippen LogP) is 6.86. The number of hydrogen-bond donors (Lipinski definition) is 1. The van der Waals surface area contributed by atoms with Gasteiger partial charge >= 0.3 is 18.3 Å². The minimum absolute atomic E-state index is 0.239. The van der Waals surface area contributed by atoms with Crippen LogP contribution in [-0.4, -0.2) is 96.1 Å². The van der Waals surface area contributed by atoms with Gasteiger partial charge < -0.3 is 24.4 Å². The van der Waals surface area contributed by atoms with Gasteiger partial charge in [-0.15, -0.1) is 0 Å². The SMILES string of the molecule is CN(Cc1ccc(C2=NCCN2C(=O)OC(C)(C)C)cc1)C(=O)OCc1ccccc1.CNCc1ccc(C2=NCCN2C(=O)OC(C)(C)C)cc1. The molecule has 0 aliphatic carbocycles. The maximum atomic E-state index is 12.5. The Morgan fingerprint density at radius 2 is 1.15 bits per heavy atom. The summed E-state index contributed by atoms with van der Waals surface area (Å²) in [4.78, 5) is 50.5. The van der Waals surface area contributed by atoms with Crippen LogP contribution in [0.15, 0.2) is 88.8 Å². The average molecular weight is 713 g/mol. The van der Waals surface area contributed by atoms with Crippen LogP contribution in [0.3, 0.4) is 0 Å². The molecule has 2 heterocycles. The van der Waals surface area contributed by atoms with Crippen LogP contribution in [-0.2, 0) is 33.9 Å². The van der Waals surface area contributed by atoms with E-state index in [1.165, 1.54) is 10.5 Å². The van der Waals surface area contributed by atoms with E-state index in [9.17, 15) is 14.4 Å². The quantitative estimate of drug-likeness (QED) is 0.253. The van der Waals surface area contributed by atoms with Crippen molar-refractivity contribution in [3.8, 4) is 0 Å². The predicted molar refractivity (Wildman–Crippen MR) is 202 cm³/mol. The number of hydrogen-bond acceptors (Lipinski definition) is 9. The van der Waals surface area contributed by atoms with Gasteiger partial charge in [0.2, 0.25) is 0 Å². The molecule has 0 saturated carbocycles. The third kappa shape index (κ3) is 11.9. The van der Waals surface area contributed by atoms with Gasteiger partial charge in [0, 0.05) is 31.3 Å². The van der Waals surface area contributed by atoms with E-state index < -0.39 is 17.3 Å². The van der Waals surface area contributed by atoms with Crippen LogP contribution in [0, 0.1) is 0 Å². The summed E-state index contributed by atoms with van der Waals surface area (Å²) in [6, 6.07) is 25.3. The second kappa shape index (κ2) is 17.8. The van der Waals surface area contributed by atoms with Gasteiger partial charge in [-0.3, -0.25) is 19.8 Å². The van der Waals surface area contributed by atoms with Crippen LogP contribution in [0.25, 0.3) is 0 Å². The zero-order valence-corrected chi connectivity index (χ0v) is 31.6. The highest BCUT2D eigenvalue weighted by Gasteiger charge is 2.30. The number of carbonyl (C=O) groups is 3. The van der Waals surface area contributed by atoms with Crippen molar-refractivity contribution >= 4 is 30.0 Å². The minimum atomic E-state index is -0.561. The summed E-state index contributed by atoms with van der Waals surface area (Å²) in [6.07, 6.45) is -1.11. The maximum Gasteiger partial charge on any atom is 0.416 e. The van der Waals surface area contributed by atoms with Crippen molar-refractivity contribution in [1.82, 2.24) is 20.0 Å². The molecule has 0 aromatic heterocycles. The van der Waals surface area contributed by atoms with Crippen LogP contribution in [0.5, 0.6) is 0 Å². The molecule has 0 saturated heterocycles. The van der Waals surface area contributed by atoms with Crippen molar-refractivity contribution < 1.29 is 28.6 Å². The number of benzene rings is 3. The molecule has 1 N–H and O–H groups in total. The topological polar surface area (TPSA) is 125 Å². The van der Waals surface area contributed by atoms with Crippen molar-refractivity contribution in [1.29, 1.82) is 0 Å². The Balaban J connectivity index is 0.000000251. The summed E-state index contributed by atoms with van der Waals surface area (Å²) in [6.45, 7) is 14.8. The van der Waals surface area contributed by atoms with Crippen LogP contribution in [0.4, 0.5) is 14.4 Å². The highest BCUT2D eigenvalue weighted by Crippen LogP contribution is 2.19. The second-order valence-electron chi connectivity index (χ2n) is 14.5. The molecule has 52 heavy (non-hydrogen) atoms. The lowest BCUT2D eigenvalue weighted by Gasteiger charge is -2.25. The molecule has 2 aliphatic heterocycles. The van der Waals surface area contributed by atoms with Crippen molar-refractivity contribution in [2.75, 3.05) is 40.3 Å². The molecular weight excluding hydrogens is 660 g/mol. The molecule has 3 aromatic rings. The van der Waals surface area contributed by atoms with E-state index in [0.717, 1.165) is 28.8 Å². The van der Waals surface area contributed by atoms with E-state index in [0.29, 0.717) is 44.4 Å². The summed E-state index contributed by atoms with van der Waals surface area (Å²) < 4.78 is 16.3. The number of carbonyl (C=O) groups excluding carboxylic acids is 3. The summed E-state index contributed by atoms with van der Waals surface area (Å²) in [5, 5.41) is 3.11. The highest BCUT2D eigenvalue weighted by molar-refractivity contribution is 6.08. The highest BCUT2D eigenvalue weighted by atomic mass is 16.6. The van der Waals surface area contributed by atoms with Crippen molar-refractivity contribution in [3.63, 3.8) is 0 Å². The van der Waals surface area contributed by atoms with E-state index in [-0.39, 0.29) is 18.8 Å². The molecule has 0 bridgehead atoms. The van der Waals surface area contributed by atoms with E-state index in [1.807, 2.05) is 127 Å². The zero-order chi connectivity index (χ0) is 37.9. The van der Waals surface area contributed by atoms with Crippen molar-refractivity contribution in [2.24, 2.45) is 9.98 Å². The summed E-state index contributed by atoms with van der Waals surface area (Å²) >= 11 is 0. The Morgan fingerprint density at radius 3 is 1.60 bits per heavy atom. The van der Waals surface area contributed by atoms with Crippen LogP contribution < -0.4 is 5.32 Å². The van der Waals surface area contributed by atoms with Crippen molar-refractivity contribution in [2.45, 2.75) is 72.4 Å². The van der Waals surface area contributed by atoms with E-state index in [1.54, 1.807) is 16.8 Å². The summed E-state index contributed by atoms with van der Waals surface area (Å²) in [5.41, 5.74) is 3.81. The largest absolute Gasteiger partial charge is 0.445 e. The van der Waals surface area contributed by atoms with Crippen LogP contribution in [0.2, 0.25) is 0 Å². The lowest BCUT2D eigenvalue weighted by Crippen LogP contribution is -2.39. The van der Waals surface area contributed by atoms with Gasteiger partial charge in [-0.25, -0.2) is 14.4 Å². The van der Waals surface area contributed by atoms with Gasteiger partial charge in [-0.05, 0) is 65.3 Å². The summed E-state index contributed by atoms with van der Waals surface area (Å²) in [7, 11) is 3.62. The first-order valence-corrected chi connectivity index (χ1v) is 17.5. The van der Waals surface area contributed by atoms with E-state index >= 15 is 0 Å². The Hall–Kier alpha value is -5.23. The number of nitrogens with zero attached hydrogens (tertiary/aromatic N) is 5. The molecule has 0 unspecified atom stereocenters. The minimum Gasteiger partial charge on any atom is -0.445 e. The monoisotopic (exact) mass is 712 g/mol. The second-order valence-corrected chi connectivity index (χ2v) is 14.5. The first-order valence-electron chi connectivity index (χ1n) is 17.5. The van der Waals surface area contributed by atoms with Gasteiger partial charge in [0.1, 0.15) is 29.5 Å². The molecule has 278 valence electrons. The van der Waals surface area contributed by atoms with E-state index in [4.69, 9.17) is 14.2 Å². The van der Waals surface area contributed by atoms with Gasteiger partial charge in [0.05, 0.1) is 26.2 Å². The standard InChI is InChI=1S/C24H29N3O4.C16H23N3O2/c1-24(2,3)31-23(29)27-15-14-25-21(27)20-12-10-18(11-13-20)16-26(4)22(28)30-17-19-8-6-5-7-9-19;1-16(2,3)21-15(20)19-10-9-18-14(19)13-7-5-12(6-8-13)11-17-4/h5-13H,14-17H2,1-4H3;5-8,17H,9-11H2,1-4H3. The Morgan fingerprint density at radius 1 is 0.692 bits per heavy atom. The number of amides is 3. The average Bonchev–Trinajstić information content (AvgIpc) is 3.79. The lowest BCUT2D eigenvalue weighted by molar-refractivity contribution is 0.0373. The normalized spacial score (nSPS) is 14.2. The number of ether oxygens (including phenoxy) is 3. The van der Waals surface area contributed by atoms with Gasteiger partial charge in [-0.1, -0.05) is 78.9 Å². The van der Waals surface area contributed by atoms with Crippen LogP contribution >= 0.6 is 0 Å². The van der Waals surface area contributed by atoms with Crippen molar-refractivity contribution in [3.05, 3.63) is 107 Å². The van der Waals surface area contributed by atoms with E-state index in [2.05, 4.69) is 15.3 Å². The third-order valence-electron chi connectivity index (χ3n) is 7.65. The molecule has 12 nitrogen and oxygen atoms in total. The molecular formula is C40H52N6O6. The van der Waals surface area contributed by atoms with Gasteiger partial charge in [0.15, 0.2) is 0 Å². The number of amidine groups is 2. The molecule has 3 aromatic carbocycles.